The van der Waals surface area contributed by atoms with E-state index in [2.05, 4.69) is 12.2 Å². The van der Waals surface area contributed by atoms with Gasteiger partial charge in [0.15, 0.2) is 0 Å². The molecule has 2 aliphatic rings. The summed E-state index contributed by atoms with van der Waals surface area (Å²) < 4.78 is 5.65. The van der Waals surface area contributed by atoms with Crippen LogP contribution in [0.5, 0.6) is 0 Å². The molecule has 2 fully saturated rings. The first-order valence-corrected chi connectivity index (χ1v) is 10.5. The first kappa shape index (κ1) is 20.1. The van der Waals surface area contributed by atoms with Crippen molar-refractivity contribution in [1.29, 1.82) is 0 Å². The average molecular weight is 406 g/mol. The number of hydrogen-bond donors (Lipinski definition) is 1. The lowest BCUT2D eigenvalue weighted by Gasteiger charge is -2.20. The smallest absolute Gasteiger partial charge is 0.312 e. The predicted octanol–water partition coefficient (Wildman–Crippen LogP) is 3.17. The number of rotatable bonds is 7. The number of nitrogens with one attached hydrogen (secondary N) is 1. The van der Waals surface area contributed by atoms with Gasteiger partial charge >= 0.3 is 5.97 Å². The van der Waals surface area contributed by atoms with Crippen LogP contribution in [0.2, 0.25) is 0 Å². The fourth-order valence-electron chi connectivity index (χ4n) is 3.64. The molecule has 6 nitrogen and oxygen atoms in total. The number of carbonyl (C=O) groups is 3. The summed E-state index contributed by atoms with van der Waals surface area (Å²) in [7, 11) is 0. The molecule has 1 heterocycles. The van der Waals surface area contributed by atoms with Crippen LogP contribution >= 0.6 is 0 Å². The van der Waals surface area contributed by atoms with Crippen molar-refractivity contribution in [3.05, 3.63) is 65.7 Å². The minimum absolute atomic E-state index is 0.0834. The number of nitrogens with zero attached hydrogens (tertiary/aromatic N) is 1. The topological polar surface area (TPSA) is 75.7 Å². The van der Waals surface area contributed by atoms with Gasteiger partial charge in [-0.2, -0.15) is 0 Å². The third kappa shape index (κ3) is 4.53. The maximum Gasteiger partial charge on any atom is 0.312 e. The van der Waals surface area contributed by atoms with Crippen molar-refractivity contribution in [3.63, 3.8) is 0 Å². The van der Waals surface area contributed by atoms with Gasteiger partial charge in [0.1, 0.15) is 0 Å². The maximum atomic E-state index is 12.9. The molecule has 1 saturated heterocycles. The standard InChI is InChI=1S/C24H26N2O4/c1-2-16-8-12-20(13-9-16)26-15-18(14-21(26)27)24(29)30-22(17-6-4-3-5-7-17)23(28)25-19-10-11-19/h3-9,12-13,18-19,22H,2,10-11,14-15H2,1H3,(H,25,28)/t18-,22+/m0/s1. The molecule has 0 radical (unpaired) electrons. The number of anilines is 1. The molecule has 30 heavy (non-hydrogen) atoms. The monoisotopic (exact) mass is 406 g/mol. The van der Waals surface area contributed by atoms with Gasteiger partial charge in [-0.1, -0.05) is 49.4 Å². The summed E-state index contributed by atoms with van der Waals surface area (Å²) in [6, 6.07) is 16.9. The van der Waals surface area contributed by atoms with E-state index in [-0.39, 0.29) is 30.8 Å². The quantitative estimate of drug-likeness (QED) is 0.717. The largest absolute Gasteiger partial charge is 0.447 e. The van der Waals surface area contributed by atoms with E-state index in [0.29, 0.717) is 5.56 Å². The van der Waals surface area contributed by atoms with Crippen molar-refractivity contribution in [3.8, 4) is 0 Å². The van der Waals surface area contributed by atoms with Gasteiger partial charge in [-0.25, -0.2) is 0 Å². The van der Waals surface area contributed by atoms with E-state index >= 15 is 0 Å². The molecule has 1 aliphatic carbocycles. The molecule has 1 aliphatic heterocycles. The predicted molar refractivity (Wildman–Crippen MR) is 113 cm³/mol. The summed E-state index contributed by atoms with van der Waals surface area (Å²) in [5.41, 5.74) is 2.59. The first-order valence-electron chi connectivity index (χ1n) is 10.5. The maximum absolute atomic E-state index is 12.9. The van der Waals surface area contributed by atoms with Crippen LogP contribution in [0.3, 0.4) is 0 Å². The summed E-state index contributed by atoms with van der Waals surface area (Å²) in [5.74, 6) is -1.53. The van der Waals surface area contributed by atoms with E-state index in [1.165, 1.54) is 5.56 Å². The average Bonchev–Trinajstić information content (AvgIpc) is 3.50. The fourth-order valence-corrected chi connectivity index (χ4v) is 3.64. The van der Waals surface area contributed by atoms with E-state index in [9.17, 15) is 14.4 Å². The van der Waals surface area contributed by atoms with Gasteiger partial charge in [-0.05, 0) is 37.0 Å². The van der Waals surface area contributed by atoms with Crippen molar-refractivity contribution in [2.45, 2.75) is 44.8 Å². The minimum Gasteiger partial charge on any atom is -0.447 e. The van der Waals surface area contributed by atoms with Crippen LogP contribution in [0.15, 0.2) is 54.6 Å². The number of benzene rings is 2. The highest BCUT2D eigenvalue weighted by molar-refractivity contribution is 5.99. The van der Waals surface area contributed by atoms with Crippen LogP contribution < -0.4 is 10.2 Å². The summed E-state index contributed by atoms with van der Waals surface area (Å²) in [4.78, 5) is 39.7. The van der Waals surface area contributed by atoms with Gasteiger partial charge in [0, 0.05) is 30.3 Å². The molecule has 0 bridgehead atoms. The summed E-state index contributed by atoms with van der Waals surface area (Å²) >= 11 is 0. The number of esters is 1. The first-order chi connectivity index (χ1) is 14.5. The summed E-state index contributed by atoms with van der Waals surface area (Å²) in [5, 5.41) is 2.91. The van der Waals surface area contributed by atoms with Crippen LogP contribution in [0, 0.1) is 5.92 Å². The fraction of sp³-hybridized carbons (Fsp3) is 0.375. The zero-order valence-electron chi connectivity index (χ0n) is 17.0. The van der Waals surface area contributed by atoms with Crippen molar-refractivity contribution < 1.29 is 19.1 Å². The molecule has 2 atom stereocenters. The molecule has 2 aromatic carbocycles. The Kier molecular flexibility index (Phi) is 5.84. The molecule has 1 saturated carbocycles. The van der Waals surface area contributed by atoms with E-state index in [0.717, 1.165) is 24.9 Å². The Morgan fingerprint density at radius 1 is 1.10 bits per heavy atom. The Balaban J connectivity index is 1.45. The normalized spacial score (nSPS) is 19.4. The molecule has 2 amide bonds. The highest BCUT2D eigenvalue weighted by Crippen LogP contribution is 2.29. The van der Waals surface area contributed by atoms with Crippen molar-refractivity contribution >= 4 is 23.5 Å². The Bertz CT molecular complexity index is 922. The van der Waals surface area contributed by atoms with Gasteiger partial charge in [0.25, 0.3) is 5.91 Å². The Morgan fingerprint density at radius 3 is 2.43 bits per heavy atom. The van der Waals surface area contributed by atoms with Gasteiger partial charge < -0.3 is 15.0 Å². The highest BCUT2D eigenvalue weighted by Gasteiger charge is 2.39. The second-order valence-corrected chi connectivity index (χ2v) is 7.94. The third-order valence-corrected chi connectivity index (χ3v) is 5.61. The number of aryl methyl sites for hydroxylation is 1. The number of ether oxygens (including phenoxy) is 1. The van der Waals surface area contributed by atoms with Crippen molar-refractivity contribution in [1.82, 2.24) is 5.32 Å². The highest BCUT2D eigenvalue weighted by atomic mass is 16.5. The Hall–Kier alpha value is -3.15. The van der Waals surface area contributed by atoms with Crippen molar-refractivity contribution in [2.75, 3.05) is 11.4 Å². The summed E-state index contributed by atoms with van der Waals surface area (Å²) in [6.45, 7) is 2.33. The minimum atomic E-state index is -1.01. The molecule has 4 rings (SSSR count). The zero-order valence-corrected chi connectivity index (χ0v) is 17.0. The van der Waals surface area contributed by atoms with E-state index < -0.39 is 18.0 Å². The lowest BCUT2D eigenvalue weighted by molar-refractivity contribution is -0.160. The van der Waals surface area contributed by atoms with Crippen LogP contribution in [-0.4, -0.2) is 30.4 Å². The zero-order chi connectivity index (χ0) is 21.1. The van der Waals surface area contributed by atoms with Crippen LogP contribution in [0.1, 0.15) is 43.4 Å². The van der Waals surface area contributed by atoms with E-state index in [4.69, 9.17) is 4.74 Å². The van der Waals surface area contributed by atoms with Gasteiger partial charge in [-0.3, -0.25) is 14.4 Å². The number of carbonyl (C=O) groups excluding carboxylic acids is 3. The molecule has 6 heteroatoms. The Morgan fingerprint density at radius 2 is 1.80 bits per heavy atom. The third-order valence-electron chi connectivity index (χ3n) is 5.61. The molecule has 1 N–H and O–H groups in total. The molecule has 0 aromatic heterocycles. The Labute approximate surface area is 176 Å². The molecule has 0 spiro atoms. The molecular weight excluding hydrogens is 380 g/mol. The second kappa shape index (κ2) is 8.69. The second-order valence-electron chi connectivity index (χ2n) is 7.94. The molecular formula is C24H26N2O4. The van der Waals surface area contributed by atoms with Gasteiger partial charge in [0.2, 0.25) is 12.0 Å². The summed E-state index contributed by atoms with van der Waals surface area (Å²) in [6.07, 6.45) is 1.90. The number of amides is 2. The SMILES string of the molecule is CCc1ccc(N2C[C@@H](C(=O)O[C@@H](C(=O)NC3CC3)c3ccccc3)CC2=O)cc1. The lowest BCUT2D eigenvalue weighted by Crippen LogP contribution is -2.35. The lowest BCUT2D eigenvalue weighted by atomic mass is 10.1. The van der Waals surface area contributed by atoms with Crippen LogP contribution in [0.4, 0.5) is 5.69 Å². The van der Waals surface area contributed by atoms with E-state index in [1.54, 1.807) is 29.2 Å². The van der Waals surface area contributed by atoms with Crippen LogP contribution in [0.25, 0.3) is 0 Å². The van der Waals surface area contributed by atoms with Gasteiger partial charge in [0.05, 0.1) is 5.92 Å². The van der Waals surface area contributed by atoms with Crippen LogP contribution in [-0.2, 0) is 25.5 Å². The molecule has 156 valence electrons. The number of hydrogen-bond acceptors (Lipinski definition) is 4. The molecule has 0 unspecified atom stereocenters. The van der Waals surface area contributed by atoms with E-state index in [1.807, 2.05) is 30.3 Å². The van der Waals surface area contributed by atoms with Gasteiger partial charge in [-0.15, -0.1) is 0 Å². The van der Waals surface area contributed by atoms with Crippen molar-refractivity contribution in [2.24, 2.45) is 5.92 Å². The molecule has 2 aromatic rings.